The Labute approximate surface area is 119 Å². The molecule has 1 aromatic rings. The van der Waals surface area contributed by atoms with Crippen molar-refractivity contribution in [3.63, 3.8) is 0 Å². The molecule has 5 heteroatoms. The molecule has 1 saturated heterocycles. The number of ether oxygens (including phenoxy) is 2. The third-order valence-electron chi connectivity index (χ3n) is 3.78. The zero-order chi connectivity index (χ0) is 14.5. The summed E-state index contributed by atoms with van der Waals surface area (Å²) in [6.45, 7) is 1.86. The zero-order valence-corrected chi connectivity index (χ0v) is 12.0. The van der Waals surface area contributed by atoms with Crippen molar-refractivity contribution in [2.24, 2.45) is 5.92 Å². The highest BCUT2D eigenvalue weighted by molar-refractivity contribution is 5.66. The third kappa shape index (κ3) is 3.35. The number of hydrogen-bond donors (Lipinski definition) is 1. The van der Waals surface area contributed by atoms with Crippen LogP contribution in [0.15, 0.2) is 18.2 Å². The Kier molecular flexibility index (Phi) is 4.71. The molecule has 1 aliphatic heterocycles. The first-order valence-electron chi connectivity index (χ1n) is 6.82. The quantitative estimate of drug-likeness (QED) is 0.866. The van der Waals surface area contributed by atoms with E-state index in [4.69, 9.17) is 14.6 Å². The van der Waals surface area contributed by atoms with Gasteiger partial charge in [0, 0.05) is 31.3 Å². The SMILES string of the molecule is COc1ccc(N2CCC(CCC(=O)O)C2)cc1OC. The number of carboxylic acids is 1. The second kappa shape index (κ2) is 6.50. The summed E-state index contributed by atoms with van der Waals surface area (Å²) in [5, 5.41) is 8.74. The highest BCUT2D eigenvalue weighted by Gasteiger charge is 2.23. The van der Waals surface area contributed by atoms with Gasteiger partial charge in [0.1, 0.15) is 0 Å². The average molecular weight is 279 g/mol. The molecular formula is C15H21NO4. The molecule has 0 bridgehead atoms. The lowest BCUT2D eigenvalue weighted by Gasteiger charge is -2.20. The van der Waals surface area contributed by atoms with E-state index >= 15 is 0 Å². The minimum atomic E-state index is -0.713. The highest BCUT2D eigenvalue weighted by atomic mass is 16.5. The molecule has 1 heterocycles. The van der Waals surface area contributed by atoms with Crippen LogP contribution in [0.25, 0.3) is 0 Å². The van der Waals surface area contributed by atoms with E-state index in [1.807, 2.05) is 18.2 Å². The van der Waals surface area contributed by atoms with Gasteiger partial charge in [0.15, 0.2) is 11.5 Å². The van der Waals surface area contributed by atoms with Crippen molar-refractivity contribution in [1.29, 1.82) is 0 Å². The van der Waals surface area contributed by atoms with Crippen LogP contribution >= 0.6 is 0 Å². The number of carboxylic acid groups (broad SMARTS) is 1. The summed E-state index contributed by atoms with van der Waals surface area (Å²) in [6, 6.07) is 5.89. The summed E-state index contributed by atoms with van der Waals surface area (Å²) in [5.41, 5.74) is 1.10. The lowest BCUT2D eigenvalue weighted by atomic mass is 10.0. The first kappa shape index (κ1) is 14.5. The topological polar surface area (TPSA) is 59.0 Å². The van der Waals surface area contributed by atoms with E-state index < -0.39 is 5.97 Å². The number of rotatable bonds is 6. The van der Waals surface area contributed by atoms with Gasteiger partial charge in [0.2, 0.25) is 0 Å². The van der Waals surface area contributed by atoms with Crippen LogP contribution in [-0.2, 0) is 4.79 Å². The molecule has 0 aliphatic carbocycles. The molecule has 0 saturated carbocycles. The molecule has 0 aromatic heterocycles. The van der Waals surface area contributed by atoms with E-state index in [9.17, 15) is 4.79 Å². The second-order valence-electron chi connectivity index (χ2n) is 5.07. The zero-order valence-electron chi connectivity index (χ0n) is 12.0. The molecule has 1 N–H and O–H groups in total. The van der Waals surface area contributed by atoms with Crippen LogP contribution in [0.5, 0.6) is 11.5 Å². The molecule has 0 amide bonds. The van der Waals surface area contributed by atoms with Crippen LogP contribution in [0.2, 0.25) is 0 Å². The molecule has 5 nitrogen and oxygen atoms in total. The Morgan fingerprint density at radius 3 is 2.75 bits per heavy atom. The predicted octanol–water partition coefficient (Wildman–Crippen LogP) is 2.39. The Balaban J connectivity index is 2.00. The molecule has 0 spiro atoms. The summed E-state index contributed by atoms with van der Waals surface area (Å²) in [6.07, 6.45) is 2.05. The molecule has 1 aliphatic rings. The van der Waals surface area contributed by atoms with Crippen molar-refractivity contribution in [1.82, 2.24) is 0 Å². The molecule has 1 atom stereocenters. The molecule has 2 rings (SSSR count). The second-order valence-corrected chi connectivity index (χ2v) is 5.07. The van der Waals surface area contributed by atoms with Crippen molar-refractivity contribution < 1.29 is 19.4 Å². The van der Waals surface area contributed by atoms with E-state index in [1.54, 1.807) is 14.2 Å². The molecular weight excluding hydrogens is 258 g/mol. The fourth-order valence-electron chi connectivity index (χ4n) is 2.65. The van der Waals surface area contributed by atoms with Crippen LogP contribution in [0.3, 0.4) is 0 Å². The Bertz CT molecular complexity index is 475. The Hall–Kier alpha value is -1.91. The Morgan fingerprint density at radius 1 is 1.35 bits per heavy atom. The third-order valence-corrected chi connectivity index (χ3v) is 3.78. The molecule has 0 radical (unpaired) electrons. The van der Waals surface area contributed by atoms with Crippen LogP contribution in [0, 0.1) is 5.92 Å². The molecule has 1 unspecified atom stereocenters. The van der Waals surface area contributed by atoms with Gasteiger partial charge in [-0.3, -0.25) is 4.79 Å². The number of aliphatic carboxylic acids is 1. The van der Waals surface area contributed by atoms with E-state index in [1.165, 1.54) is 0 Å². The van der Waals surface area contributed by atoms with Gasteiger partial charge in [-0.2, -0.15) is 0 Å². The molecule has 1 aromatic carbocycles. The summed E-state index contributed by atoms with van der Waals surface area (Å²) < 4.78 is 10.5. The number of benzene rings is 1. The van der Waals surface area contributed by atoms with Crippen LogP contribution < -0.4 is 14.4 Å². The first-order chi connectivity index (χ1) is 9.63. The maximum Gasteiger partial charge on any atom is 0.303 e. The molecule has 1 fully saturated rings. The van der Waals surface area contributed by atoms with Gasteiger partial charge >= 0.3 is 5.97 Å². The van der Waals surface area contributed by atoms with Crippen molar-refractivity contribution in [2.45, 2.75) is 19.3 Å². The van der Waals surface area contributed by atoms with Gasteiger partial charge in [-0.05, 0) is 30.9 Å². The van der Waals surface area contributed by atoms with E-state index in [2.05, 4.69) is 4.90 Å². The molecule has 110 valence electrons. The molecule has 20 heavy (non-hydrogen) atoms. The fraction of sp³-hybridized carbons (Fsp3) is 0.533. The first-order valence-corrected chi connectivity index (χ1v) is 6.82. The van der Waals surface area contributed by atoms with Crippen molar-refractivity contribution in [2.75, 3.05) is 32.2 Å². The van der Waals surface area contributed by atoms with Gasteiger partial charge in [-0.1, -0.05) is 0 Å². The van der Waals surface area contributed by atoms with E-state index in [-0.39, 0.29) is 6.42 Å². The predicted molar refractivity (Wildman–Crippen MR) is 76.7 cm³/mol. The fourth-order valence-corrected chi connectivity index (χ4v) is 2.65. The van der Waals surface area contributed by atoms with Crippen molar-refractivity contribution in [3.05, 3.63) is 18.2 Å². The lowest BCUT2D eigenvalue weighted by Crippen LogP contribution is -2.19. The number of nitrogens with zero attached hydrogens (tertiary/aromatic N) is 1. The van der Waals surface area contributed by atoms with Gasteiger partial charge in [-0.25, -0.2) is 0 Å². The summed E-state index contributed by atoms with van der Waals surface area (Å²) >= 11 is 0. The summed E-state index contributed by atoms with van der Waals surface area (Å²) in [7, 11) is 3.25. The smallest absolute Gasteiger partial charge is 0.303 e. The van der Waals surface area contributed by atoms with Crippen LogP contribution in [0.1, 0.15) is 19.3 Å². The average Bonchev–Trinajstić information content (AvgIpc) is 2.93. The minimum absolute atomic E-state index is 0.254. The van der Waals surface area contributed by atoms with Crippen LogP contribution in [-0.4, -0.2) is 38.4 Å². The van der Waals surface area contributed by atoms with Gasteiger partial charge < -0.3 is 19.5 Å². The number of anilines is 1. The number of methoxy groups -OCH3 is 2. The standard InChI is InChI=1S/C15H21NO4/c1-19-13-5-4-12(9-14(13)20-2)16-8-7-11(10-16)3-6-15(17)18/h4-5,9,11H,3,6-8,10H2,1-2H3,(H,17,18). The lowest BCUT2D eigenvalue weighted by molar-refractivity contribution is -0.137. The summed E-state index contributed by atoms with van der Waals surface area (Å²) in [4.78, 5) is 12.9. The largest absolute Gasteiger partial charge is 0.493 e. The monoisotopic (exact) mass is 279 g/mol. The van der Waals surface area contributed by atoms with Crippen LogP contribution in [0.4, 0.5) is 5.69 Å². The van der Waals surface area contributed by atoms with Crippen molar-refractivity contribution >= 4 is 11.7 Å². The van der Waals surface area contributed by atoms with Crippen molar-refractivity contribution in [3.8, 4) is 11.5 Å². The number of carbonyl (C=O) groups is 1. The van der Waals surface area contributed by atoms with Gasteiger partial charge in [-0.15, -0.1) is 0 Å². The van der Waals surface area contributed by atoms with E-state index in [0.717, 1.165) is 43.1 Å². The van der Waals surface area contributed by atoms with E-state index in [0.29, 0.717) is 5.92 Å². The maximum atomic E-state index is 10.6. The van der Waals surface area contributed by atoms with Gasteiger partial charge in [0.25, 0.3) is 0 Å². The number of hydrogen-bond acceptors (Lipinski definition) is 4. The summed E-state index contributed by atoms with van der Waals surface area (Å²) in [5.74, 6) is 1.19. The normalized spacial score (nSPS) is 18.1. The maximum absolute atomic E-state index is 10.6. The van der Waals surface area contributed by atoms with Gasteiger partial charge in [0.05, 0.1) is 14.2 Å². The minimum Gasteiger partial charge on any atom is -0.493 e. The highest BCUT2D eigenvalue weighted by Crippen LogP contribution is 2.34. The Morgan fingerprint density at radius 2 is 2.10 bits per heavy atom.